The van der Waals surface area contributed by atoms with E-state index in [-0.39, 0.29) is 30.4 Å². The van der Waals surface area contributed by atoms with Gasteiger partial charge in [-0.1, -0.05) is 30.3 Å². The van der Waals surface area contributed by atoms with Gasteiger partial charge in [0.2, 0.25) is 5.91 Å². The smallest absolute Gasteiger partial charge is 0.240 e. The van der Waals surface area contributed by atoms with Crippen molar-refractivity contribution < 1.29 is 9.18 Å². The second kappa shape index (κ2) is 7.22. The van der Waals surface area contributed by atoms with E-state index >= 15 is 0 Å². The van der Waals surface area contributed by atoms with Gasteiger partial charge in [0, 0.05) is 34.6 Å². The first-order chi connectivity index (χ1) is 14.6. The van der Waals surface area contributed by atoms with Crippen LogP contribution in [0.25, 0.3) is 21.9 Å². The molecule has 5 rings (SSSR count). The molecule has 2 aromatic heterocycles. The number of nitrogens with zero attached hydrogens (tertiary/aromatic N) is 2. The van der Waals surface area contributed by atoms with E-state index in [4.69, 9.17) is 0 Å². The molecule has 0 bridgehead atoms. The number of hydrogen-bond donors (Lipinski definition) is 2. The number of carbonyl (C=O) groups excluding carboxylic acids is 1. The van der Waals surface area contributed by atoms with Gasteiger partial charge in [-0.05, 0) is 49.7 Å². The van der Waals surface area contributed by atoms with Crippen LogP contribution in [-0.4, -0.2) is 22.5 Å². The Morgan fingerprint density at radius 1 is 1.13 bits per heavy atom. The molecular weight excluding hydrogens is 379 g/mol. The van der Waals surface area contributed by atoms with Crippen LogP contribution in [0.4, 0.5) is 4.39 Å². The summed E-state index contributed by atoms with van der Waals surface area (Å²) in [4.78, 5) is 17.1. The van der Waals surface area contributed by atoms with Crippen molar-refractivity contribution in [3.05, 3.63) is 77.7 Å². The Morgan fingerprint density at radius 3 is 2.70 bits per heavy atom. The molecule has 0 unspecified atom stereocenters. The standard InChI is InChI=1S/C24H23FN4O/c1-26-24(10-11-24)17-9-8-16(20(25)13-17)14-28-22(30)15-29-21-7-3-2-5-18(21)19-6-4-12-27-23(19)29/h2-9,12-13,26H,10-11,14-15H2,1H3,(H,28,30). The maximum atomic E-state index is 14.6. The molecule has 1 fully saturated rings. The van der Waals surface area contributed by atoms with Gasteiger partial charge in [-0.3, -0.25) is 4.79 Å². The third-order valence-corrected chi connectivity index (χ3v) is 6.14. The van der Waals surface area contributed by atoms with Crippen LogP contribution in [0.2, 0.25) is 0 Å². The van der Waals surface area contributed by atoms with E-state index in [1.54, 1.807) is 18.3 Å². The molecule has 5 nitrogen and oxygen atoms in total. The SMILES string of the molecule is CNC1(c2ccc(CNC(=O)Cn3c4ccccc4c4cccnc43)c(F)c2)CC1. The summed E-state index contributed by atoms with van der Waals surface area (Å²) in [7, 11) is 1.91. The first-order valence-corrected chi connectivity index (χ1v) is 10.2. The van der Waals surface area contributed by atoms with Crippen molar-refractivity contribution >= 4 is 27.8 Å². The molecule has 1 aliphatic carbocycles. The van der Waals surface area contributed by atoms with Gasteiger partial charge in [0.15, 0.2) is 0 Å². The molecule has 4 aromatic rings. The lowest BCUT2D eigenvalue weighted by atomic mass is 10.0. The Labute approximate surface area is 173 Å². The van der Waals surface area contributed by atoms with Gasteiger partial charge >= 0.3 is 0 Å². The Bertz CT molecular complexity index is 1210. The average molecular weight is 402 g/mol. The molecule has 0 radical (unpaired) electrons. The quantitative estimate of drug-likeness (QED) is 0.515. The summed E-state index contributed by atoms with van der Waals surface area (Å²) < 4.78 is 16.5. The third-order valence-electron chi connectivity index (χ3n) is 6.14. The number of pyridine rings is 1. The zero-order valence-corrected chi connectivity index (χ0v) is 16.8. The summed E-state index contributed by atoms with van der Waals surface area (Å²) in [5.41, 5.74) is 3.10. The number of fused-ring (bicyclic) bond motifs is 3. The van der Waals surface area contributed by atoms with Crippen LogP contribution in [0, 0.1) is 5.82 Å². The van der Waals surface area contributed by atoms with E-state index in [2.05, 4.69) is 15.6 Å². The van der Waals surface area contributed by atoms with E-state index in [1.165, 1.54) is 0 Å². The number of nitrogens with one attached hydrogen (secondary N) is 2. The molecule has 0 saturated heterocycles. The molecule has 2 heterocycles. The predicted octanol–water partition coefficient (Wildman–Crippen LogP) is 3.85. The van der Waals surface area contributed by atoms with Gasteiger partial charge in [0.25, 0.3) is 0 Å². The summed E-state index contributed by atoms with van der Waals surface area (Å²) in [5.74, 6) is -0.464. The monoisotopic (exact) mass is 402 g/mol. The normalized spacial score (nSPS) is 14.9. The van der Waals surface area contributed by atoms with Crippen LogP contribution < -0.4 is 10.6 Å². The number of amides is 1. The Kier molecular flexibility index (Phi) is 4.51. The molecule has 1 amide bonds. The molecule has 152 valence electrons. The van der Waals surface area contributed by atoms with E-state index in [0.29, 0.717) is 5.56 Å². The van der Waals surface area contributed by atoms with Gasteiger partial charge < -0.3 is 15.2 Å². The summed E-state index contributed by atoms with van der Waals surface area (Å²) >= 11 is 0. The lowest BCUT2D eigenvalue weighted by Gasteiger charge is -2.16. The fourth-order valence-corrected chi connectivity index (χ4v) is 4.22. The fraction of sp³-hybridized carbons (Fsp3) is 0.250. The Balaban J connectivity index is 1.34. The Hall–Kier alpha value is -3.25. The average Bonchev–Trinajstić information content (AvgIpc) is 3.52. The highest BCUT2D eigenvalue weighted by molar-refractivity contribution is 6.07. The highest BCUT2D eigenvalue weighted by Gasteiger charge is 2.42. The second-order valence-electron chi connectivity index (χ2n) is 7.89. The van der Waals surface area contributed by atoms with Crippen LogP contribution >= 0.6 is 0 Å². The zero-order chi connectivity index (χ0) is 20.7. The minimum Gasteiger partial charge on any atom is -0.350 e. The van der Waals surface area contributed by atoms with Crippen LogP contribution in [0.1, 0.15) is 24.0 Å². The predicted molar refractivity (Wildman–Crippen MR) is 115 cm³/mol. The molecule has 1 aliphatic rings. The first-order valence-electron chi connectivity index (χ1n) is 10.2. The van der Waals surface area contributed by atoms with Crippen molar-refractivity contribution in [1.82, 2.24) is 20.2 Å². The lowest BCUT2D eigenvalue weighted by Crippen LogP contribution is -2.28. The summed E-state index contributed by atoms with van der Waals surface area (Å²) in [6.07, 6.45) is 3.77. The molecule has 0 aliphatic heterocycles. The minimum atomic E-state index is -0.284. The van der Waals surface area contributed by atoms with Crippen molar-refractivity contribution in [2.75, 3.05) is 7.05 Å². The lowest BCUT2D eigenvalue weighted by molar-refractivity contribution is -0.121. The molecule has 1 saturated carbocycles. The molecular formula is C24H23FN4O. The van der Waals surface area contributed by atoms with Gasteiger partial charge in [0.1, 0.15) is 18.0 Å². The summed E-state index contributed by atoms with van der Waals surface area (Å²) in [5, 5.41) is 8.20. The van der Waals surface area contributed by atoms with Crippen LogP contribution in [-0.2, 0) is 23.4 Å². The number of aromatic nitrogens is 2. The fourth-order valence-electron chi connectivity index (χ4n) is 4.22. The number of hydrogen-bond acceptors (Lipinski definition) is 3. The van der Waals surface area contributed by atoms with Crippen LogP contribution in [0.5, 0.6) is 0 Å². The van der Waals surface area contributed by atoms with Crippen molar-refractivity contribution in [1.29, 1.82) is 0 Å². The van der Waals surface area contributed by atoms with Crippen LogP contribution in [0.3, 0.4) is 0 Å². The second-order valence-corrected chi connectivity index (χ2v) is 7.89. The van der Waals surface area contributed by atoms with Gasteiger partial charge in [-0.25, -0.2) is 9.37 Å². The topological polar surface area (TPSA) is 58.9 Å². The van der Waals surface area contributed by atoms with Crippen molar-refractivity contribution in [2.24, 2.45) is 0 Å². The molecule has 2 N–H and O–H groups in total. The first kappa shape index (κ1) is 18.8. The van der Waals surface area contributed by atoms with E-state index < -0.39 is 0 Å². The van der Waals surface area contributed by atoms with E-state index in [0.717, 1.165) is 40.3 Å². The maximum absolute atomic E-state index is 14.6. The number of halogens is 1. The number of rotatable bonds is 6. The van der Waals surface area contributed by atoms with Crippen molar-refractivity contribution in [2.45, 2.75) is 31.5 Å². The van der Waals surface area contributed by atoms with Gasteiger partial charge in [-0.2, -0.15) is 0 Å². The van der Waals surface area contributed by atoms with Crippen molar-refractivity contribution in [3.8, 4) is 0 Å². The Morgan fingerprint density at radius 2 is 1.93 bits per heavy atom. The summed E-state index contributed by atoms with van der Waals surface area (Å²) in [6.45, 7) is 0.283. The highest BCUT2D eigenvalue weighted by atomic mass is 19.1. The molecule has 30 heavy (non-hydrogen) atoms. The summed E-state index contributed by atoms with van der Waals surface area (Å²) in [6, 6.07) is 17.1. The molecule has 0 atom stereocenters. The maximum Gasteiger partial charge on any atom is 0.240 e. The number of para-hydroxylation sites is 1. The van der Waals surface area contributed by atoms with E-state index in [1.807, 2.05) is 54.1 Å². The number of carbonyl (C=O) groups is 1. The minimum absolute atomic E-state index is 0.0772. The van der Waals surface area contributed by atoms with E-state index in [9.17, 15) is 9.18 Å². The largest absolute Gasteiger partial charge is 0.350 e. The zero-order valence-electron chi connectivity index (χ0n) is 16.8. The third kappa shape index (κ3) is 3.13. The number of benzene rings is 2. The van der Waals surface area contributed by atoms with Crippen molar-refractivity contribution in [3.63, 3.8) is 0 Å². The van der Waals surface area contributed by atoms with Gasteiger partial charge in [0.05, 0.1) is 5.52 Å². The molecule has 6 heteroatoms. The highest BCUT2D eigenvalue weighted by Crippen LogP contribution is 2.45. The molecule has 2 aromatic carbocycles. The van der Waals surface area contributed by atoms with Crippen LogP contribution in [0.15, 0.2) is 60.8 Å². The molecule has 0 spiro atoms. The van der Waals surface area contributed by atoms with Gasteiger partial charge in [-0.15, -0.1) is 0 Å².